The van der Waals surface area contributed by atoms with Crippen molar-refractivity contribution in [3.05, 3.63) is 60.2 Å². The van der Waals surface area contributed by atoms with Gasteiger partial charge in [-0.15, -0.1) is 0 Å². The molecule has 0 spiro atoms. The van der Waals surface area contributed by atoms with Gasteiger partial charge < -0.3 is 5.32 Å². The predicted molar refractivity (Wildman–Crippen MR) is 82.8 cm³/mol. The van der Waals surface area contributed by atoms with Crippen LogP contribution in [0, 0.1) is 0 Å². The predicted octanol–water partition coefficient (Wildman–Crippen LogP) is 3.18. The molecule has 0 aliphatic heterocycles. The minimum Gasteiger partial charge on any atom is -0.326 e. The fraction of sp³-hybridized carbons (Fsp3) is 0.188. The molecule has 1 amide bonds. The summed E-state index contributed by atoms with van der Waals surface area (Å²) in [7, 11) is -3.45. The van der Waals surface area contributed by atoms with E-state index in [4.69, 9.17) is 0 Å². The second-order valence-electron chi connectivity index (χ2n) is 4.80. The highest BCUT2D eigenvalue weighted by Gasteiger charge is 2.24. The van der Waals surface area contributed by atoms with Crippen LogP contribution >= 0.6 is 0 Å². The molecule has 0 heterocycles. The normalized spacial score (nSPS) is 12.7. The quantitative estimate of drug-likeness (QED) is 0.943. The third kappa shape index (κ3) is 3.49. The SMILES string of the molecule is CC(=O)Nc1ccc(S(=O)(=O)[C@H](C)c2ccccc2)cc1. The van der Waals surface area contributed by atoms with Crippen LogP contribution < -0.4 is 5.32 Å². The van der Waals surface area contributed by atoms with Crippen LogP contribution in [-0.2, 0) is 14.6 Å². The zero-order valence-corrected chi connectivity index (χ0v) is 12.7. The average molecular weight is 303 g/mol. The summed E-state index contributed by atoms with van der Waals surface area (Å²) < 4.78 is 25.2. The van der Waals surface area contributed by atoms with Crippen molar-refractivity contribution in [2.75, 3.05) is 5.32 Å². The van der Waals surface area contributed by atoms with E-state index >= 15 is 0 Å². The van der Waals surface area contributed by atoms with Gasteiger partial charge in [0.25, 0.3) is 0 Å². The smallest absolute Gasteiger partial charge is 0.221 e. The summed E-state index contributed by atoms with van der Waals surface area (Å²) >= 11 is 0. The maximum Gasteiger partial charge on any atom is 0.221 e. The molecule has 0 saturated carbocycles. The Kier molecular flexibility index (Phi) is 4.43. The van der Waals surface area contributed by atoms with Gasteiger partial charge in [0.05, 0.1) is 10.1 Å². The maximum atomic E-state index is 12.6. The summed E-state index contributed by atoms with van der Waals surface area (Å²) in [5.74, 6) is -0.191. The zero-order valence-electron chi connectivity index (χ0n) is 11.9. The number of rotatable bonds is 4. The summed E-state index contributed by atoms with van der Waals surface area (Å²) in [4.78, 5) is 11.2. The van der Waals surface area contributed by atoms with Crippen LogP contribution in [0.4, 0.5) is 5.69 Å². The van der Waals surface area contributed by atoms with Crippen molar-refractivity contribution in [1.82, 2.24) is 0 Å². The Morgan fingerprint density at radius 2 is 1.57 bits per heavy atom. The molecule has 21 heavy (non-hydrogen) atoms. The van der Waals surface area contributed by atoms with Crippen molar-refractivity contribution in [3.63, 3.8) is 0 Å². The van der Waals surface area contributed by atoms with Gasteiger partial charge in [-0.3, -0.25) is 4.79 Å². The lowest BCUT2D eigenvalue weighted by molar-refractivity contribution is -0.114. The summed E-state index contributed by atoms with van der Waals surface area (Å²) in [5.41, 5.74) is 1.33. The van der Waals surface area contributed by atoms with E-state index in [0.29, 0.717) is 5.69 Å². The van der Waals surface area contributed by atoms with Crippen LogP contribution in [0.1, 0.15) is 24.7 Å². The van der Waals surface area contributed by atoms with Gasteiger partial charge in [0.15, 0.2) is 9.84 Å². The third-order valence-corrected chi connectivity index (χ3v) is 5.37. The minimum absolute atomic E-state index is 0.191. The van der Waals surface area contributed by atoms with E-state index < -0.39 is 15.1 Å². The van der Waals surface area contributed by atoms with E-state index in [1.165, 1.54) is 19.1 Å². The van der Waals surface area contributed by atoms with Crippen LogP contribution in [0.2, 0.25) is 0 Å². The molecule has 2 aromatic carbocycles. The van der Waals surface area contributed by atoms with Gasteiger partial charge in [-0.25, -0.2) is 8.42 Å². The van der Waals surface area contributed by atoms with Crippen LogP contribution in [0.3, 0.4) is 0 Å². The summed E-state index contributed by atoms with van der Waals surface area (Å²) in [6.45, 7) is 3.08. The first-order valence-electron chi connectivity index (χ1n) is 6.58. The lowest BCUT2D eigenvalue weighted by atomic mass is 10.2. The molecule has 0 bridgehead atoms. The molecule has 2 rings (SSSR count). The van der Waals surface area contributed by atoms with Gasteiger partial charge in [0.1, 0.15) is 0 Å². The van der Waals surface area contributed by atoms with Gasteiger partial charge >= 0.3 is 0 Å². The summed E-state index contributed by atoms with van der Waals surface area (Å²) in [5, 5.41) is 1.99. The van der Waals surface area contributed by atoms with Crippen LogP contribution in [-0.4, -0.2) is 14.3 Å². The number of sulfone groups is 1. The van der Waals surface area contributed by atoms with Crippen molar-refractivity contribution in [3.8, 4) is 0 Å². The number of nitrogens with one attached hydrogen (secondary N) is 1. The monoisotopic (exact) mass is 303 g/mol. The topological polar surface area (TPSA) is 63.2 Å². The number of hydrogen-bond acceptors (Lipinski definition) is 3. The lowest BCUT2D eigenvalue weighted by Gasteiger charge is -2.14. The first-order chi connectivity index (χ1) is 9.91. The number of hydrogen-bond donors (Lipinski definition) is 1. The van der Waals surface area contributed by atoms with E-state index in [9.17, 15) is 13.2 Å². The fourth-order valence-electron chi connectivity index (χ4n) is 2.04. The molecule has 0 aliphatic carbocycles. The standard InChI is InChI=1S/C16H17NO3S/c1-12(14-6-4-3-5-7-14)21(19,20)16-10-8-15(9-11-16)17-13(2)18/h3-12H,1-2H3,(H,17,18)/t12-/m1/s1. The second-order valence-corrected chi connectivity index (χ2v) is 7.07. The van der Waals surface area contributed by atoms with E-state index in [1.54, 1.807) is 31.2 Å². The minimum atomic E-state index is -3.45. The van der Waals surface area contributed by atoms with Crippen LogP contribution in [0.15, 0.2) is 59.5 Å². The number of benzene rings is 2. The van der Waals surface area contributed by atoms with Crippen molar-refractivity contribution >= 4 is 21.4 Å². The highest BCUT2D eigenvalue weighted by molar-refractivity contribution is 7.91. The van der Waals surface area contributed by atoms with Crippen molar-refractivity contribution < 1.29 is 13.2 Å². The molecular formula is C16H17NO3S. The van der Waals surface area contributed by atoms with Gasteiger partial charge in [-0.1, -0.05) is 30.3 Å². The highest BCUT2D eigenvalue weighted by atomic mass is 32.2. The Labute approximate surface area is 124 Å². The summed E-state index contributed by atoms with van der Waals surface area (Å²) in [6, 6.07) is 15.3. The fourth-order valence-corrected chi connectivity index (χ4v) is 3.48. The van der Waals surface area contributed by atoms with Gasteiger partial charge in [0.2, 0.25) is 5.91 Å². The molecule has 110 valence electrons. The van der Waals surface area contributed by atoms with Crippen LogP contribution in [0.5, 0.6) is 0 Å². The average Bonchev–Trinajstić information content (AvgIpc) is 2.47. The van der Waals surface area contributed by atoms with E-state index in [2.05, 4.69) is 5.32 Å². The Bertz CT molecular complexity index is 722. The molecule has 2 aromatic rings. The van der Waals surface area contributed by atoms with Crippen LogP contribution in [0.25, 0.3) is 0 Å². The van der Waals surface area contributed by atoms with Gasteiger partial charge in [-0.05, 0) is 36.8 Å². The Hall–Kier alpha value is -2.14. The molecule has 1 N–H and O–H groups in total. The Morgan fingerprint density at radius 1 is 1.00 bits per heavy atom. The summed E-state index contributed by atoms with van der Waals surface area (Å²) in [6.07, 6.45) is 0. The Balaban J connectivity index is 2.29. The number of carbonyl (C=O) groups excluding carboxylic acids is 1. The number of anilines is 1. The van der Waals surface area contributed by atoms with Crippen molar-refractivity contribution in [2.45, 2.75) is 24.0 Å². The van der Waals surface area contributed by atoms with Crippen molar-refractivity contribution in [1.29, 1.82) is 0 Å². The van der Waals surface area contributed by atoms with E-state index in [-0.39, 0.29) is 10.8 Å². The number of amides is 1. The Morgan fingerprint density at radius 3 is 2.10 bits per heavy atom. The molecule has 1 atom stereocenters. The molecule has 0 fully saturated rings. The molecule has 5 heteroatoms. The van der Waals surface area contributed by atoms with E-state index in [0.717, 1.165) is 5.56 Å². The van der Waals surface area contributed by atoms with Gasteiger partial charge in [-0.2, -0.15) is 0 Å². The van der Waals surface area contributed by atoms with Crippen molar-refractivity contribution in [2.24, 2.45) is 0 Å². The molecule has 0 radical (unpaired) electrons. The molecule has 0 aromatic heterocycles. The molecule has 0 saturated heterocycles. The number of carbonyl (C=O) groups is 1. The third-order valence-electron chi connectivity index (χ3n) is 3.24. The second kappa shape index (κ2) is 6.10. The largest absolute Gasteiger partial charge is 0.326 e. The first-order valence-corrected chi connectivity index (χ1v) is 8.12. The zero-order chi connectivity index (χ0) is 15.5. The molecular weight excluding hydrogens is 286 g/mol. The molecule has 0 unspecified atom stereocenters. The molecule has 4 nitrogen and oxygen atoms in total. The first kappa shape index (κ1) is 15.3. The highest BCUT2D eigenvalue weighted by Crippen LogP contribution is 2.28. The van der Waals surface area contributed by atoms with Gasteiger partial charge in [0, 0.05) is 12.6 Å². The maximum absolute atomic E-state index is 12.6. The van der Waals surface area contributed by atoms with E-state index in [1.807, 2.05) is 18.2 Å². The molecule has 0 aliphatic rings. The lowest BCUT2D eigenvalue weighted by Crippen LogP contribution is -2.11.